The maximum atomic E-state index is 11.4. The summed E-state index contributed by atoms with van der Waals surface area (Å²) >= 11 is 1.41. The zero-order chi connectivity index (χ0) is 9.26. The van der Waals surface area contributed by atoms with Crippen LogP contribution in [0.25, 0.3) is 11.0 Å². The number of fused-ring (bicyclic) bond motifs is 1. The summed E-state index contributed by atoms with van der Waals surface area (Å²) in [7, 11) is 0. The smallest absolute Gasteiger partial charge is 0.213 e. The maximum absolute atomic E-state index is 11.4. The first-order chi connectivity index (χ1) is 6.31. The SMILES string of the molecule is CSc1nc2ccccc2[n+](=O)[nH]1. The van der Waals surface area contributed by atoms with E-state index >= 15 is 0 Å². The molecular weight excluding hydrogens is 186 g/mol. The molecule has 0 saturated heterocycles. The summed E-state index contributed by atoms with van der Waals surface area (Å²) in [6.07, 6.45) is 1.87. The van der Waals surface area contributed by atoms with Gasteiger partial charge in [0, 0.05) is 6.07 Å². The quantitative estimate of drug-likeness (QED) is 0.548. The lowest BCUT2D eigenvalue weighted by atomic mass is 10.3. The molecule has 0 bridgehead atoms. The summed E-state index contributed by atoms with van der Waals surface area (Å²) in [4.78, 5) is 15.6. The molecule has 2 rings (SSSR count). The van der Waals surface area contributed by atoms with Gasteiger partial charge in [-0.3, -0.25) is 0 Å². The van der Waals surface area contributed by atoms with E-state index in [1.54, 1.807) is 6.07 Å². The van der Waals surface area contributed by atoms with E-state index < -0.39 is 0 Å². The average Bonchev–Trinajstić information content (AvgIpc) is 2.18. The zero-order valence-electron chi connectivity index (χ0n) is 7.02. The summed E-state index contributed by atoms with van der Waals surface area (Å²) in [6.45, 7) is 0. The fraction of sp³-hybridized carbons (Fsp3) is 0.125. The fourth-order valence-electron chi connectivity index (χ4n) is 1.10. The predicted molar refractivity (Wildman–Crippen MR) is 51.2 cm³/mol. The molecule has 0 aliphatic heterocycles. The molecule has 0 saturated carbocycles. The first-order valence-corrected chi connectivity index (χ1v) is 4.99. The second-order valence-corrected chi connectivity index (χ2v) is 3.31. The first kappa shape index (κ1) is 8.25. The monoisotopic (exact) mass is 194 g/mol. The van der Waals surface area contributed by atoms with E-state index in [1.807, 2.05) is 24.5 Å². The second kappa shape index (κ2) is 3.18. The van der Waals surface area contributed by atoms with Crippen molar-refractivity contribution in [1.82, 2.24) is 10.1 Å². The van der Waals surface area contributed by atoms with Gasteiger partial charge in [-0.15, -0.1) is 0 Å². The first-order valence-electron chi connectivity index (χ1n) is 3.77. The maximum Gasteiger partial charge on any atom is 0.317 e. The highest BCUT2D eigenvalue weighted by Crippen LogP contribution is 2.09. The van der Waals surface area contributed by atoms with Crippen molar-refractivity contribution in [2.75, 3.05) is 6.26 Å². The van der Waals surface area contributed by atoms with Gasteiger partial charge in [0.25, 0.3) is 0 Å². The van der Waals surface area contributed by atoms with Crippen LogP contribution in [0.15, 0.2) is 29.4 Å². The van der Waals surface area contributed by atoms with Gasteiger partial charge in [0.2, 0.25) is 5.16 Å². The van der Waals surface area contributed by atoms with E-state index in [9.17, 15) is 4.91 Å². The van der Waals surface area contributed by atoms with Gasteiger partial charge in [0.15, 0.2) is 4.54 Å². The molecule has 0 amide bonds. The summed E-state index contributed by atoms with van der Waals surface area (Å²) in [6, 6.07) is 7.22. The number of rotatable bonds is 1. The molecule has 1 heterocycles. The molecule has 1 N–H and O–H groups in total. The number of benzene rings is 1. The van der Waals surface area contributed by atoms with Crippen molar-refractivity contribution in [1.29, 1.82) is 0 Å². The van der Waals surface area contributed by atoms with Crippen LogP contribution in [-0.2, 0) is 0 Å². The number of H-pyrrole nitrogens is 1. The predicted octanol–water partition coefficient (Wildman–Crippen LogP) is 1.20. The highest BCUT2D eigenvalue weighted by molar-refractivity contribution is 7.98. The van der Waals surface area contributed by atoms with Crippen molar-refractivity contribution in [3.05, 3.63) is 29.2 Å². The van der Waals surface area contributed by atoms with Crippen LogP contribution in [0.4, 0.5) is 0 Å². The van der Waals surface area contributed by atoms with Crippen molar-refractivity contribution < 1.29 is 4.54 Å². The van der Waals surface area contributed by atoms with Crippen molar-refractivity contribution >= 4 is 22.8 Å². The average molecular weight is 194 g/mol. The van der Waals surface area contributed by atoms with Crippen LogP contribution in [0.2, 0.25) is 0 Å². The third-order valence-electron chi connectivity index (χ3n) is 1.71. The highest BCUT2D eigenvalue weighted by atomic mass is 32.2. The summed E-state index contributed by atoms with van der Waals surface area (Å²) in [5.74, 6) is 0. The van der Waals surface area contributed by atoms with E-state index in [0.29, 0.717) is 16.2 Å². The van der Waals surface area contributed by atoms with Crippen LogP contribution in [0.5, 0.6) is 0 Å². The number of hydrogen-bond acceptors (Lipinski definition) is 3. The van der Waals surface area contributed by atoms with Gasteiger partial charge in [0.05, 0.1) is 4.91 Å². The van der Waals surface area contributed by atoms with Crippen LogP contribution in [0, 0.1) is 4.91 Å². The van der Waals surface area contributed by atoms with E-state index in [1.165, 1.54) is 11.8 Å². The molecule has 66 valence electrons. The van der Waals surface area contributed by atoms with Crippen LogP contribution >= 0.6 is 11.8 Å². The number of aromatic amines is 1. The Balaban J connectivity index is 2.85. The van der Waals surface area contributed by atoms with Crippen molar-refractivity contribution in [3.63, 3.8) is 0 Å². The summed E-state index contributed by atoms with van der Waals surface area (Å²) < 4.78 is 0.730. The molecule has 5 heteroatoms. The number of hydrogen-bond donors (Lipinski definition) is 1. The van der Waals surface area contributed by atoms with Gasteiger partial charge >= 0.3 is 5.52 Å². The van der Waals surface area contributed by atoms with Crippen LogP contribution < -0.4 is 4.54 Å². The topological polar surface area (TPSA) is 51.6 Å². The van der Waals surface area contributed by atoms with Gasteiger partial charge in [-0.2, -0.15) is 0 Å². The molecule has 0 fully saturated rings. The zero-order valence-corrected chi connectivity index (χ0v) is 7.84. The molecule has 2 aromatic rings. The van der Waals surface area contributed by atoms with Crippen LogP contribution in [0.3, 0.4) is 0 Å². The van der Waals surface area contributed by atoms with E-state index in [4.69, 9.17) is 0 Å². The van der Waals surface area contributed by atoms with Crippen LogP contribution in [0.1, 0.15) is 0 Å². The number of para-hydroxylation sites is 2. The normalized spacial score (nSPS) is 10.5. The molecule has 1 aromatic carbocycles. The molecule has 0 aliphatic rings. The molecule has 0 atom stereocenters. The third-order valence-corrected chi connectivity index (χ3v) is 2.28. The minimum Gasteiger partial charge on any atom is -0.213 e. The minimum atomic E-state index is 0.556. The van der Waals surface area contributed by atoms with Gasteiger partial charge in [-0.1, -0.05) is 29.0 Å². The molecule has 0 spiro atoms. The Kier molecular flexibility index (Phi) is 2.02. The Morgan fingerprint density at radius 2 is 2.23 bits per heavy atom. The fourth-order valence-corrected chi connectivity index (χ4v) is 1.47. The Morgan fingerprint density at radius 3 is 3.00 bits per heavy atom. The van der Waals surface area contributed by atoms with Crippen molar-refractivity contribution in [2.24, 2.45) is 0 Å². The Hall–Kier alpha value is -1.36. The number of nitrogens with one attached hydrogen (secondary N) is 1. The second-order valence-electron chi connectivity index (χ2n) is 2.52. The Morgan fingerprint density at radius 1 is 1.46 bits per heavy atom. The van der Waals surface area contributed by atoms with Gasteiger partial charge in [-0.25, -0.2) is 4.98 Å². The van der Waals surface area contributed by atoms with Crippen molar-refractivity contribution in [3.8, 4) is 0 Å². The molecular formula is C8H8N3OS+. The molecule has 0 aliphatic carbocycles. The summed E-state index contributed by atoms with van der Waals surface area (Å²) in [5.41, 5.74) is 1.26. The van der Waals surface area contributed by atoms with E-state index in [0.717, 1.165) is 4.54 Å². The molecule has 0 unspecified atom stereocenters. The summed E-state index contributed by atoms with van der Waals surface area (Å²) in [5, 5.41) is 3.23. The molecule has 13 heavy (non-hydrogen) atoms. The van der Waals surface area contributed by atoms with E-state index in [2.05, 4.69) is 10.1 Å². The third kappa shape index (κ3) is 1.42. The number of thioether (sulfide) groups is 1. The van der Waals surface area contributed by atoms with Gasteiger partial charge in [0.1, 0.15) is 5.52 Å². The molecule has 0 radical (unpaired) electrons. The number of nitrogens with zero attached hydrogens (tertiary/aromatic N) is 2. The Bertz CT molecular complexity index is 494. The lowest BCUT2D eigenvalue weighted by molar-refractivity contribution is -0.541. The molecule has 1 aromatic heterocycles. The van der Waals surface area contributed by atoms with Gasteiger partial charge < -0.3 is 0 Å². The molecule has 4 nitrogen and oxygen atoms in total. The minimum absolute atomic E-state index is 0.556. The lowest BCUT2D eigenvalue weighted by Gasteiger charge is -1.91. The van der Waals surface area contributed by atoms with E-state index in [-0.39, 0.29) is 0 Å². The Labute approximate surface area is 78.6 Å². The van der Waals surface area contributed by atoms with Crippen molar-refractivity contribution in [2.45, 2.75) is 5.16 Å². The number of aromatic nitrogens is 3. The highest BCUT2D eigenvalue weighted by Gasteiger charge is 2.08. The largest absolute Gasteiger partial charge is 0.317 e. The van der Waals surface area contributed by atoms with Gasteiger partial charge in [-0.05, 0) is 12.3 Å². The van der Waals surface area contributed by atoms with Crippen LogP contribution in [-0.4, -0.2) is 16.3 Å². The standard InChI is InChI=1S/C8H8N3OS/c1-13-8-9-6-4-2-3-5-7(6)11(12)10-8/h2-5H,1H3,(H,9,10,12)/q+1. The lowest BCUT2D eigenvalue weighted by Crippen LogP contribution is -2.21.